The lowest BCUT2D eigenvalue weighted by atomic mass is 10.2. The fraction of sp³-hybridized carbons (Fsp3) is 0.143. The van der Waals surface area contributed by atoms with Crippen molar-refractivity contribution >= 4 is 18.1 Å². The van der Waals surface area contributed by atoms with Gasteiger partial charge in [-0.05, 0) is 6.07 Å². The zero-order valence-corrected chi connectivity index (χ0v) is 8.41. The van der Waals surface area contributed by atoms with Gasteiger partial charge in [0.2, 0.25) is 11.6 Å². The third kappa shape index (κ3) is 2.45. The summed E-state index contributed by atoms with van der Waals surface area (Å²) in [6.07, 6.45) is 0. The summed E-state index contributed by atoms with van der Waals surface area (Å²) in [6, 6.07) is 2.10. The molecule has 0 radical (unpaired) electrons. The predicted octanol–water partition coefficient (Wildman–Crippen LogP) is 1.42. The van der Waals surface area contributed by atoms with Crippen molar-refractivity contribution < 1.29 is 18.9 Å². The molecule has 8 heteroatoms. The van der Waals surface area contributed by atoms with Gasteiger partial charge in [0, 0.05) is 6.07 Å². The zero-order chi connectivity index (χ0) is 10.7. The maximum absolute atomic E-state index is 13.3. The minimum atomic E-state index is -0.996. The molecule has 0 saturated carbocycles. The second-order valence-electron chi connectivity index (χ2n) is 2.31. The molecule has 84 valence electrons. The van der Waals surface area contributed by atoms with Crippen LogP contribution in [0.25, 0.3) is 0 Å². The molecule has 0 bridgehead atoms. The van der Waals surface area contributed by atoms with E-state index in [1.165, 1.54) is 0 Å². The van der Waals surface area contributed by atoms with Crippen molar-refractivity contribution in [1.82, 2.24) is 0 Å². The van der Waals surface area contributed by atoms with Crippen LogP contribution >= 0.6 is 12.4 Å². The topological polar surface area (TPSA) is 87.6 Å². The third-order valence-electron chi connectivity index (χ3n) is 1.57. The molecule has 6 nitrogen and oxygen atoms in total. The molecule has 0 heterocycles. The summed E-state index contributed by atoms with van der Waals surface area (Å²) in [5, 5.41) is 10.4. The molecule has 0 amide bonds. The van der Waals surface area contributed by atoms with Gasteiger partial charge in [0.15, 0.2) is 5.75 Å². The fourth-order valence-corrected chi connectivity index (χ4v) is 0.957. The molecule has 0 aliphatic rings. The zero-order valence-electron chi connectivity index (χ0n) is 7.60. The number of rotatable bonds is 3. The van der Waals surface area contributed by atoms with Crippen LogP contribution in [0.15, 0.2) is 12.1 Å². The molecule has 1 aromatic rings. The lowest BCUT2D eigenvalue weighted by Crippen LogP contribution is -2.05. The van der Waals surface area contributed by atoms with Gasteiger partial charge in [0.05, 0.1) is 12.0 Å². The van der Waals surface area contributed by atoms with E-state index in [-0.39, 0.29) is 18.2 Å². The van der Waals surface area contributed by atoms with Gasteiger partial charge in [-0.1, -0.05) is 0 Å². The highest BCUT2D eigenvalue weighted by Crippen LogP contribution is 2.34. The van der Waals surface area contributed by atoms with Crippen molar-refractivity contribution in [3.05, 3.63) is 28.1 Å². The summed E-state index contributed by atoms with van der Waals surface area (Å²) in [4.78, 5) is 13.8. The summed E-state index contributed by atoms with van der Waals surface area (Å²) in [5.74, 6) is 2.92. The smallest absolute Gasteiger partial charge is 0.314 e. The van der Waals surface area contributed by atoms with Crippen molar-refractivity contribution in [3.63, 3.8) is 0 Å². The van der Waals surface area contributed by atoms with E-state index in [2.05, 4.69) is 9.57 Å². The highest BCUT2D eigenvalue weighted by atomic mass is 35.5. The number of nitro benzene ring substituents is 1. The number of halogens is 2. The van der Waals surface area contributed by atoms with Gasteiger partial charge < -0.3 is 9.57 Å². The average Bonchev–Trinajstić information content (AvgIpc) is 2.17. The number of benzene rings is 1. The summed E-state index contributed by atoms with van der Waals surface area (Å²) >= 11 is 0. The Hall–Kier alpha value is -1.60. The Morgan fingerprint density at radius 3 is 2.53 bits per heavy atom. The SMILES string of the molecule is COc1c([N+](=O)[O-])ccc(ON)c1F.Cl. The van der Waals surface area contributed by atoms with E-state index in [1.54, 1.807) is 0 Å². The molecule has 0 aliphatic heterocycles. The maximum Gasteiger partial charge on any atom is 0.314 e. The van der Waals surface area contributed by atoms with Crippen LogP contribution in [-0.4, -0.2) is 12.0 Å². The van der Waals surface area contributed by atoms with E-state index in [4.69, 9.17) is 5.90 Å². The second kappa shape index (κ2) is 5.32. The highest BCUT2D eigenvalue weighted by Gasteiger charge is 2.22. The number of hydrogen-bond acceptors (Lipinski definition) is 5. The molecule has 0 atom stereocenters. The molecular formula is C7H8ClFN2O4. The Morgan fingerprint density at radius 1 is 1.53 bits per heavy atom. The van der Waals surface area contributed by atoms with E-state index in [0.717, 1.165) is 19.2 Å². The number of nitrogens with two attached hydrogens (primary N) is 1. The molecule has 0 fully saturated rings. The molecule has 0 aliphatic carbocycles. The molecule has 0 saturated heterocycles. The fourth-order valence-electron chi connectivity index (χ4n) is 0.957. The molecule has 2 N–H and O–H groups in total. The van der Waals surface area contributed by atoms with E-state index in [9.17, 15) is 14.5 Å². The minimum Gasteiger partial charge on any atom is -0.488 e. The lowest BCUT2D eigenvalue weighted by Gasteiger charge is -2.05. The molecule has 0 unspecified atom stereocenters. The predicted molar refractivity (Wildman–Crippen MR) is 51.7 cm³/mol. The van der Waals surface area contributed by atoms with Gasteiger partial charge in [0.25, 0.3) is 0 Å². The van der Waals surface area contributed by atoms with Gasteiger partial charge in [-0.3, -0.25) is 10.1 Å². The van der Waals surface area contributed by atoms with Crippen LogP contribution in [0.3, 0.4) is 0 Å². The first-order valence-corrected chi connectivity index (χ1v) is 3.49. The Labute approximate surface area is 90.3 Å². The summed E-state index contributed by atoms with van der Waals surface area (Å²) in [7, 11) is 1.12. The average molecular weight is 239 g/mol. The first-order valence-electron chi connectivity index (χ1n) is 3.49. The molecule has 0 aromatic heterocycles. The van der Waals surface area contributed by atoms with Crippen LogP contribution in [0.2, 0.25) is 0 Å². The van der Waals surface area contributed by atoms with Crippen molar-refractivity contribution in [2.75, 3.05) is 7.11 Å². The van der Waals surface area contributed by atoms with Crippen LogP contribution < -0.4 is 15.5 Å². The van der Waals surface area contributed by atoms with Crippen LogP contribution in [0.1, 0.15) is 0 Å². The number of nitrogens with zero attached hydrogens (tertiary/aromatic N) is 1. The van der Waals surface area contributed by atoms with E-state index >= 15 is 0 Å². The third-order valence-corrected chi connectivity index (χ3v) is 1.57. The number of hydrogen-bond donors (Lipinski definition) is 1. The van der Waals surface area contributed by atoms with Gasteiger partial charge in [-0.15, -0.1) is 12.4 Å². The number of ether oxygens (including phenoxy) is 1. The van der Waals surface area contributed by atoms with E-state index in [0.29, 0.717) is 0 Å². The first-order chi connectivity index (χ1) is 6.61. The minimum absolute atomic E-state index is 0. The van der Waals surface area contributed by atoms with E-state index < -0.39 is 22.2 Å². The van der Waals surface area contributed by atoms with E-state index in [1.807, 2.05) is 0 Å². The normalized spacial score (nSPS) is 9.00. The van der Waals surface area contributed by atoms with Crippen LogP contribution in [0.4, 0.5) is 10.1 Å². The number of nitro groups is 1. The van der Waals surface area contributed by atoms with Crippen LogP contribution in [-0.2, 0) is 0 Å². The van der Waals surface area contributed by atoms with Gasteiger partial charge in [-0.2, -0.15) is 10.3 Å². The second-order valence-corrected chi connectivity index (χ2v) is 2.31. The van der Waals surface area contributed by atoms with Gasteiger partial charge in [-0.25, -0.2) is 0 Å². The molecule has 1 aromatic carbocycles. The summed E-state index contributed by atoms with van der Waals surface area (Å²) in [6.45, 7) is 0. The Balaban J connectivity index is 0.00000196. The Morgan fingerprint density at radius 2 is 2.13 bits per heavy atom. The molecule has 1 rings (SSSR count). The molecular weight excluding hydrogens is 231 g/mol. The highest BCUT2D eigenvalue weighted by molar-refractivity contribution is 5.85. The maximum atomic E-state index is 13.3. The summed E-state index contributed by atoms with van der Waals surface area (Å²) < 4.78 is 17.8. The first kappa shape index (κ1) is 13.4. The standard InChI is InChI=1S/C7H7FN2O4.ClH/c1-13-7-4(10(11)12)2-3-5(14-9)6(7)8;/h2-3H,9H2,1H3;1H. The quantitative estimate of drug-likeness (QED) is 0.635. The molecule has 15 heavy (non-hydrogen) atoms. The Bertz CT molecular complexity index is 374. The van der Waals surface area contributed by atoms with Crippen molar-refractivity contribution in [1.29, 1.82) is 0 Å². The summed E-state index contributed by atoms with van der Waals surface area (Å²) in [5.41, 5.74) is -0.481. The van der Waals surface area contributed by atoms with Crippen LogP contribution in [0, 0.1) is 15.9 Å². The monoisotopic (exact) mass is 238 g/mol. The Kier molecular flexibility index (Phi) is 4.75. The van der Waals surface area contributed by atoms with Gasteiger partial charge >= 0.3 is 5.69 Å². The van der Waals surface area contributed by atoms with Crippen molar-refractivity contribution in [3.8, 4) is 11.5 Å². The van der Waals surface area contributed by atoms with Gasteiger partial charge in [0.1, 0.15) is 0 Å². The number of methoxy groups -OCH3 is 1. The lowest BCUT2D eigenvalue weighted by molar-refractivity contribution is -0.386. The molecule has 0 spiro atoms. The largest absolute Gasteiger partial charge is 0.488 e. The van der Waals surface area contributed by atoms with Crippen molar-refractivity contribution in [2.24, 2.45) is 5.90 Å². The van der Waals surface area contributed by atoms with Crippen molar-refractivity contribution in [2.45, 2.75) is 0 Å². The van der Waals surface area contributed by atoms with Crippen LogP contribution in [0.5, 0.6) is 11.5 Å².